The average molecular weight is 435 g/mol. The van der Waals surface area contributed by atoms with E-state index in [1.165, 1.54) is 6.07 Å². The highest BCUT2D eigenvalue weighted by Gasteiger charge is 2.26. The first kappa shape index (κ1) is 21.8. The maximum atomic E-state index is 14.6. The molecule has 4 rings (SSSR count). The number of likely N-dealkylation sites (N-methyl/N-ethyl adjacent to an activating group) is 1. The first-order chi connectivity index (χ1) is 15.5. The molecule has 7 heteroatoms. The van der Waals surface area contributed by atoms with E-state index >= 15 is 0 Å². The van der Waals surface area contributed by atoms with Crippen LogP contribution in [0.25, 0.3) is 11.1 Å². The van der Waals surface area contributed by atoms with E-state index < -0.39 is 0 Å². The number of ether oxygens (including phenoxy) is 1. The molecule has 0 saturated heterocycles. The number of amides is 1. The van der Waals surface area contributed by atoms with Crippen molar-refractivity contribution in [3.05, 3.63) is 77.9 Å². The van der Waals surface area contributed by atoms with Crippen LogP contribution in [0.15, 0.2) is 60.9 Å². The van der Waals surface area contributed by atoms with E-state index in [2.05, 4.69) is 15.2 Å². The Morgan fingerprint density at radius 2 is 2.06 bits per heavy atom. The first-order valence-corrected chi connectivity index (χ1v) is 10.7. The number of hydrogen-bond acceptors (Lipinski definition) is 5. The summed E-state index contributed by atoms with van der Waals surface area (Å²) in [6.07, 6.45) is 3.56. The van der Waals surface area contributed by atoms with Gasteiger partial charge in [0.1, 0.15) is 12.4 Å². The Labute approximate surface area is 187 Å². The number of halogens is 1. The van der Waals surface area contributed by atoms with Gasteiger partial charge in [0, 0.05) is 37.6 Å². The molecule has 1 aliphatic rings. The van der Waals surface area contributed by atoms with Crippen LogP contribution in [0.1, 0.15) is 15.9 Å². The molecule has 0 unspecified atom stereocenters. The van der Waals surface area contributed by atoms with Crippen LogP contribution in [0.4, 0.5) is 10.1 Å². The lowest BCUT2D eigenvalue weighted by atomic mass is 9.98. The topological polar surface area (TPSA) is 57.7 Å². The molecule has 3 aromatic rings. The standard InChI is InChI=1S/C25H27FN4O2/c1-29(2)11-10-28-25(31)21-14-19(20-7-3-4-8-22(20)26)15-23-24(21)32-13-12-30(23)17-18-6-5-9-27-16-18/h3-9,14-16H,10-13,17H2,1-2H3,(H,28,31). The zero-order chi connectivity index (χ0) is 22.5. The van der Waals surface area contributed by atoms with Gasteiger partial charge in [0.15, 0.2) is 5.75 Å². The average Bonchev–Trinajstić information content (AvgIpc) is 2.79. The molecule has 1 aliphatic heterocycles. The molecule has 1 aromatic heterocycles. The van der Waals surface area contributed by atoms with Crippen molar-refractivity contribution in [3.8, 4) is 16.9 Å². The summed E-state index contributed by atoms with van der Waals surface area (Å²) in [6.45, 7) is 2.96. The molecule has 1 amide bonds. The Morgan fingerprint density at radius 1 is 1.22 bits per heavy atom. The molecule has 0 fully saturated rings. The molecule has 0 saturated carbocycles. The van der Waals surface area contributed by atoms with Crippen LogP contribution in [0.2, 0.25) is 0 Å². The number of anilines is 1. The van der Waals surface area contributed by atoms with Gasteiger partial charge >= 0.3 is 0 Å². The van der Waals surface area contributed by atoms with Crippen molar-refractivity contribution >= 4 is 11.6 Å². The molecule has 6 nitrogen and oxygen atoms in total. The largest absolute Gasteiger partial charge is 0.489 e. The van der Waals surface area contributed by atoms with E-state index in [0.717, 1.165) is 17.8 Å². The zero-order valence-electron chi connectivity index (χ0n) is 18.3. The second-order valence-corrected chi connectivity index (χ2v) is 8.04. The van der Waals surface area contributed by atoms with Gasteiger partial charge in [-0.05, 0) is 49.5 Å². The second kappa shape index (κ2) is 9.78. The van der Waals surface area contributed by atoms with E-state index in [1.54, 1.807) is 30.5 Å². The maximum absolute atomic E-state index is 14.6. The van der Waals surface area contributed by atoms with Crippen molar-refractivity contribution < 1.29 is 13.9 Å². The van der Waals surface area contributed by atoms with Gasteiger partial charge in [0.05, 0.1) is 17.8 Å². The van der Waals surface area contributed by atoms with Gasteiger partial charge in [0.2, 0.25) is 0 Å². The number of nitrogens with one attached hydrogen (secondary N) is 1. The smallest absolute Gasteiger partial charge is 0.255 e. The number of fused-ring (bicyclic) bond motifs is 1. The molecule has 166 valence electrons. The van der Waals surface area contributed by atoms with Gasteiger partial charge in [0.25, 0.3) is 5.91 Å². The number of hydrogen-bond donors (Lipinski definition) is 1. The number of benzene rings is 2. The minimum Gasteiger partial charge on any atom is -0.489 e. The fourth-order valence-corrected chi connectivity index (χ4v) is 3.76. The molecule has 32 heavy (non-hydrogen) atoms. The highest BCUT2D eigenvalue weighted by Crippen LogP contribution is 2.40. The summed E-state index contributed by atoms with van der Waals surface area (Å²) in [4.78, 5) is 21.4. The molecular formula is C25H27FN4O2. The molecule has 0 atom stereocenters. The Hall–Kier alpha value is -3.45. The van der Waals surface area contributed by atoms with Crippen molar-refractivity contribution in [1.82, 2.24) is 15.2 Å². The minimum absolute atomic E-state index is 0.232. The highest BCUT2D eigenvalue weighted by molar-refractivity contribution is 6.01. The summed E-state index contributed by atoms with van der Waals surface area (Å²) in [5.74, 6) is -0.0333. The number of carbonyl (C=O) groups excluding carboxylic acids is 1. The van der Waals surface area contributed by atoms with Gasteiger partial charge < -0.3 is 19.9 Å². The predicted molar refractivity (Wildman–Crippen MR) is 124 cm³/mol. The number of nitrogens with zero attached hydrogens (tertiary/aromatic N) is 3. The molecule has 0 radical (unpaired) electrons. The summed E-state index contributed by atoms with van der Waals surface area (Å²) in [5.41, 5.74) is 3.33. The van der Waals surface area contributed by atoms with Gasteiger partial charge in [-0.15, -0.1) is 0 Å². The summed E-state index contributed by atoms with van der Waals surface area (Å²) in [6, 6.07) is 14.1. The number of pyridine rings is 1. The van der Waals surface area contributed by atoms with Crippen molar-refractivity contribution in [2.24, 2.45) is 0 Å². The molecule has 0 aliphatic carbocycles. The van der Waals surface area contributed by atoms with Crippen molar-refractivity contribution in [2.75, 3.05) is 45.2 Å². The normalized spacial score (nSPS) is 12.9. The number of aromatic nitrogens is 1. The van der Waals surface area contributed by atoms with Gasteiger partial charge in [-0.1, -0.05) is 24.3 Å². The Balaban J connectivity index is 1.75. The number of rotatable bonds is 7. The lowest BCUT2D eigenvalue weighted by molar-refractivity contribution is 0.0946. The summed E-state index contributed by atoms with van der Waals surface area (Å²) in [5, 5.41) is 2.96. The monoisotopic (exact) mass is 434 g/mol. The van der Waals surface area contributed by atoms with Crippen molar-refractivity contribution in [2.45, 2.75) is 6.54 Å². The third kappa shape index (κ3) is 4.89. The molecule has 0 bridgehead atoms. The molecule has 1 N–H and O–H groups in total. The van der Waals surface area contributed by atoms with E-state index in [1.807, 2.05) is 43.4 Å². The van der Waals surface area contributed by atoms with Crippen molar-refractivity contribution in [3.63, 3.8) is 0 Å². The zero-order valence-corrected chi connectivity index (χ0v) is 18.3. The highest BCUT2D eigenvalue weighted by atomic mass is 19.1. The first-order valence-electron chi connectivity index (χ1n) is 10.7. The third-order valence-corrected chi connectivity index (χ3v) is 5.39. The summed E-state index contributed by atoms with van der Waals surface area (Å²) < 4.78 is 20.6. The van der Waals surface area contributed by atoms with E-state index in [4.69, 9.17) is 4.74 Å². The van der Waals surface area contributed by atoms with Crippen LogP contribution in [0, 0.1) is 5.82 Å². The molecule has 2 aromatic carbocycles. The Kier molecular flexibility index (Phi) is 6.66. The number of carbonyl (C=O) groups is 1. The fourth-order valence-electron chi connectivity index (χ4n) is 3.76. The molecule has 2 heterocycles. The molecule has 0 spiro atoms. The predicted octanol–water partition coefficient (Wildman–Crippen LogP) is 3.58. The van der Waals surface area contributed by atoms with Crippen LogP contribution >= 0.6 is 0 Å². The SMILES string of the molecule is CN(C)CCNC(=O)c1cc(-c2ccccc2F)cc2c1OCCN2Cc1cccnc1. The van der Waals surface area contributed by atoms with E-state index in [-0.39, 0.29) is 11.7 Å². The quantitative estimate of drug-likeness (QED) is 0.616. The van der Waals surface area contributed by atoms with E-state index in [9.17, 15) is 9.18 Å². The third-order valence-electron chi connectivity index (χ3n) is 5.39. The Morgan fingerprint density at radius 3 is 2.81 bits per heavy atom. The van der Waals surface area contributed by atoms with Crippen LogP contribution in [-0.2, 0) is 6.54 Å². The minimum atomic E-state index is -0.332. The van der Waals surface area contributed by atoms with Crippen molar-refractivity contribution in [1.29, 1.82) is 0 Å². The lowest BCUT2D eigenvalue weighted by Gasteiger charge is -2.33. The van der Waals surface area contributed by atoms with Crippen LogP contribution in [0.3, 0.4) is 0 Å². The second-order valence-electron chi connectivity index (χ2n) is 8.04. The van der Waals surface area contributed by atoms with E-state index in [0.29, 0.717) is 48.7 Å². The Bertz CT molecular complexity index is 1090. The van der Waals surface area contributed by atoms with Gasteiger partial charge in [-0.2, -0.15) is 0 Å². The van der Waals surface area contributed by atoms with Gasteiger partial charge in [-0.3, -0.25) is 9.78 Å². The summed E-state index contributed by atoms with van der Waals surface area (Å²) in [7, 11) is 3.90. The fraction of sp³-hybridized carbons (Fsp3) is 0.280. The van der Waals surface area contributed by atoms with Crippen LogP contribution in [-0.4, -0.2) is 56.1 Å². The van der Waals surface area contributed by atoms with Crippen LogP contribution < -0.4 is 15.0 Å². The van der Waals surface area contributed by atoms with Crippen LogP contribution in [0.5, 0.6) is 5.75 Å². The maximum Gasteiger partial charge on any atom is 0.255 e. The summed E-state index contributed by atoms with van der Waals surface area (Å²) >= 11 is 0. The molecular weight excluding hydrogens is 407 g/mol. The lowest BCUT2D eigenvalue weighted by Crippen LogP contribution is -2.35. The van der Waals surface area contributed by atoms with Gasteiger partial charge in [-0.25, -0.2) is 4.39 Å².